The van der Waals surface area contributed by atoms with Gasteiger partial charge in [-0.05, 0) is 41.5 Å². The standard InChI is InChI=1S/C25H23ClN4O2/c1-29(24-9-5-6-13-27-24)16-20-11-10-18(15-22(20)26)23-12-14-30(28-23)17-19-7-3-4-8-21(19)25(31)32-2/h3-15H,16-17H2,1-2H3. The molecule has 0 radical (unpaired) electrons. The Morgan fingerprint density at radius 2 is 1.88 bits per heavy atom. The first-order valence-electron chi connectivity index (χ1n) is 10.2. The number of carbonyl (C=O) groups excluding carboxylic acids is 1. The van der Waals surface area contributed by atoms with Crippen molar-refractivity contribution in [3.63, 3.8) is 0 Å². The van der Waals surface area contributed by atoms with Crippen molar-refractivity contribution in [3.8, 4) is 11.3 Å². The average molecular weight is 447 g/mol. The van der Waals surface area contributed by atoms with Gasteiger partial charge in [0, 0.05) is 36.6 Å². The van der Waals surface area contributed by atoms with E-state index in [0.717, 1.165) is 28.2 Å². The maximum Gasteiger partial charge on any atom is 0.338 e. The van der Waals surface area contributed by atoms with Gasteiger partial charge in [0.1, 0.15) is 5.82 Å². The topological polar surface area (TPSA) is 60.2 Å². The predicted octanol–water partition coefficient (Wildman–Crippen LogP) is 5.07. The minimum Gasteiger partial charge on any atom is -0.465 e. The van der Waals surface area contributed by atoms with E-state index in [1.165, 1.54) is 7.11 Å². The fourth-order valence-electron chi connectivity index (χ4n) is 3.50. The zero-order valence-electron chi connectivity index (χ0n) is 17.9. The molecule has 0 saturated carbocycles. The lowest BCUT2D eigenvalue weighted by Crippen LogP contribution is -2.17. The van der Waals surface area contributed by atoms with Crippen LogP contribution in [0.15, 0.2) is 79.1 Å². The van der Waals surface area contributed by atoms with Gasteiger partial charge in [-0.2, -0.15) is 5.10 Å². The van der Waals surface area contributed by atoms with Crippen LogP contribution in [0.5, 0.6) is 0 Å². The number of esters is 1. The summed E-state index contributed by atoms with van der Waals surface area (Å²) >= 11 is 6.59. The third kappa shape index (κ3) is 4.81. The second-order valence-electron chi connectivity index (χ2n) is 7.40. The summed E-state index contributed by atoms with van der Waals surface area (Å²) in [5.74, 6) is 0.532. The number of halogens is 1. The summed E-state index contributed by atoms with van der Waals surface area (Å²) in [5.41, 5.74) is 4.14. The molecule has 0 saturated heterocycles. The molecule has 4 rings (SSSR count). The molecule has 6 nitrogen and oxygen atoms in total. The summed E-state index contributed by atoms with van der Waals surface area (Å²) in [6, 6.07) is 21.1. The molecule has 0 N–H and O–H groups in total. The highest BCUT2D eigenvalue weighted by Gasteiger charge is 2.13. The number of hydrogen-bond donors (Lipinski definition) is 0. The number of carbonyl (C=O) groups is 1. The van der Waals surface area contributed by atoms with Gasteiger partial charge in [0.05, 0.1) is 24.9 Å². The van der Waals surface area contributed by atoms with Crippen LogP contribution in [0.3, 0.4) is 0 Å². The van der Waals surface area contributed by atoms with Crippen LogP contribution in [0.2, 0.25) is 5.02 Å². The normalized spacial score (nSPS) is 10.7. The zero-order valence-corrected chi connectivity index (χ0v) is 18.7. The SMILES string of the molecule is COC(=O)c1ccccc1Cn1ccc(-c2ccc(CN(C)c3ccccn3)c(Cl)c2)n1. The lowest BCUT2D eigenvalue weighted by atomic mass is 10.1. The number of rotatable bonds is 7. The number of hydrogen-bond acceptors (Lipinski definition) is 5. The maximum atomic E-state index is 12.0. The molecule has 0 bridgehead atoms. The minimum atomic E-state index is -0.356. The van der Waals surface area contributed by atoms with E-state index in [2.05, 4.69) is 10.1 Å². The first kappa shape index (κ1) is 21.6. The highest BCUT2D eigenvalue weighted by atomic mass is 35.5. The maximum absolute atomic E-state index is 12.0. The molecule has 7 heteroatoms. The van der Waals surface area contributed by atoms with Gasteiger partial charge < -0.3 is 9.64 Å². The summed E-state index contributed by atoms with van der Waals surface area (Å²) in [5, 5.41) is 5.34. The number of nitrogens with zero attached hydrogens (tertiary/aromatic N) is 4. The lowest BCUT2D eigenvalue weighted by Gasteiger charge is -2.19. The summed E-state index contributed by atoms with van der Waals surface area (Å²) < 4.78 is 6.68. The van der Waals surface area contributed by atoms with Crippen LogP contribution < -0.4 is 4.90 Å². The molecule has 0 aliphatic rings. The second kappa shape index (κ2) is 9.66. The molecule has 2 aromatic carbocycles. The van der Waals surface area contributed by atoms with Crippen LogP contribution >= 0.6 is 11.6 Å². The Morgan fingerprint density at radius 3 is 2.62 bits per heavy atom. The van der Waals surface area contributed by atoms with Gasteiger partial charge in [-0.15, -0.1) is 0 Å². The fraction of sp³-hybridized carbons (Fsp3) is 0.160. The Morgan fingerprint density at radius 1 is 1.06 bits per heavy atom. The Bertz CT molecular complexity index is 1220. The highest BCUT2D eigenvalue weighted by Crippen LogP contribution is 2.26. The minimum absolute atomic E-state index is 0.356. The number of benzene rings is 2. The largest absolute Gasteiger partial charge is 0.465 e. The van der Waals surface area contributed by atoms with Crippen LogP contribution in [0.1, 0.15) is 21.5 Å². The van der Waals surface area contributed by atoms with E-state index in [0.29, 0.717) is 23.7 Å². The van der Waals surface area contributed by atoms with Crippen LogP contribution in [-0.4, -0.2) is 34.9 Å². The van der Waals surface area contributed by atoms with Crippen molar-refractivity contribution in [3.05, 3.63) is 101 Å². The van der Waals surface area contributed by atoms with E-state index in [9.17, 15) is 4.79 Å². The third-order valence-corrected chi connectivity index (χ3v) is 5.54. The van der Waals surface area contributed by atoms with E-state index >= 15 is 0 Å². The molecule has 2 heterocycles. The molecule has 0 aliphatic heterocycles. The first-order valence-corrected chi connectivity index (χ1v) is 10.5. The van der Waals surface area contributed by atoms with Crippen LogP contribution in [-0.2, 0) is 17.8 Å². The molecule has 0 spiro atoms. The third-order valence-electron chi connectivity index (χ3n) is 5.19. The van der Waals surface area contributed by atoms with Gasteiger partial charge in [-0.1, -0.05) is 48.0 Å². The van der Waals surface area contributed by atoms with Crippen molar-refractivity contribution in [1.82, 2.24) is 14.8 Å². The molecular weight excluding hydrogens is 424 g/mol. The Labute approximate surface area is 192 Å². The number of ether oxygens (including phenoxy) is 1. The van der Waals surface area contributed by atoms with E-state index in [1.807, 2.05) is 78.8 Å². The Balaban J connectivity index is 1.50. The van der Waals surface area contributed by atoms with Crippen molar-refractivity contribution in [2.45, 2.75) is 13.1 Å². The van der Waals surface area contributed by atoms with E-state index in [-0.39, 0.29) is 5.97 Å². The molecule has 0 unspecified atom stereocenters. The number of methoxy groups -OCH3 is 1. The number of pyridine rings is 1. The molecular formula is C25H23ClN4O2. The highest BCUT2D eigenvalue weighted by molar-refractivity contribution is 6.31. The van der Waals surface area contributed by atoms with Crippen LogP contribution in [0, 0.1) is 0 Å². The van der Waals surface area contributed by atoms with Gasteiger partial charge in [0.25, 0.3) is 0 Å². The predicted molar refractivity (Wildman–Crippen MR) is 126 cm³/mol. The van der Waals surface area contributed by atoms with E-state index in [1.54, 1.807) is 16.9 Å². The molecule has 0 amide bonds. The molecule has 2 aromatic heterocycles. The molecule has 32 heavy (non-hydrogen) atoms. The smallest absolute Gasteiger partial charge is 0.338 e. The van der Waals surface area contributed by atoms with Gasteiger partial charge in [-0.25, -0.2) is 9.78 Å². The lowest BCUT2D eigenvalue weighted by molar-refractivity contribution is 0.0599. The summed E-state index contributed by atoms with van der Waals surface area (Å²) in [7, 11) is 3.37. The van der Waals surface area contributed by atoms with Crippen molar-refractivity contribution < 1.29 is 9.53 Å². The van der Waals surface area contributed by atoms with Gasteiger partial charge >= 0.3 is 5.97 Å². The Hall–Kier alpha value is -3.64. The quantitative estimate of drug-likeness (QED) is 0.371. The van der Waals surface area contributed by atoms with E-state index in [4.69, 9.17) is 16.3 Å². The molecule has 0 fully saturated rings. The molecule has 162 valence electrons. The van der Waals surface area contributed by atoms with Crippen LogP contribution in [0.25, 0.3) is 11.3 Å². The molecule has 0 atom stereocenters. The van der Waals surface area contributed by atoms with Crippen molar-refractivity contribution in [2.24, 2.45) is 0 Å². The van der Waals surface area contributed by atoms with Gasteiger partial charge in [-0.3, -0.25) is 4.68 Å². The summed E-state index contributed by atoms with van der Waals surface area (Å²) in [4.78, 5) is 18.4. The molecule has 4 aromatic rings. The summed E-state index contributed by atoms with van der Waals surface area (Å²) in [6.07, 6.45) is 3.66. The fourth-order valence-corrected chi connectivity index (χ4v) is 3.74. The van der Waals surface area contributed by atoms with Crippen molar-refractivity contribution >= 4 is 23.4 Å². The Kier molecular flexibility index (Phi) is 6.52. The van der Waals surface area contributed by atoms with Gasteiger partial charge in [0.15, 0.2) is 0 Å². The summed E-state index contributed by atoms with van der Waals surface area (Å²) in [6.45, 7) is 1.11. The number of anilines is 1. The van der Waals surface area contributed by atoms with Crippen molar-refractivity contribution in [1.29, 1.82) is 0 Å². The van der Waals surface area contributed by atoms with E-state index < -0.39 is 0 Å². The van der Waals surface area contributed by atoms with Gasteiger partial charge in [0.2, 0.25) is 0 Å². The zero-order chi connectivity index (χ0) is 22.5. The van der Waals surface area contributed by atoms with Crippen molar-refractivity contribution in [2.75, 3.05) is 19.1 Å². The second-order valence-corrected chi connectivity index (χ2v) is 7.80. The molecule has 0 aliphatic carbocycles. The van der Waals surface area contributed by atoms with Crippen LogP contribution in [0.4, 0.5) is 5.82 Å². The number of aromatic nitrogens is 3. The average Bonchev–Trinajstić information content (AvgIpc) is 3.29. The first-order chi connectivity index (χ1) is 15.5. The monoisotopic (exact) mass is 446 g/mol.